The minimum absolute atomic E-state index is 0.0547. The first-order valence-corrected chi connectivity index (χ1v) is 6.08. The summed E-state index contributed by atoms with van der Waals surface area (Å²) in [6.07, 6.45) is 1.85. The van der Waals surface area contributed by atoms with E-state index >= 15 is 0 Å². The van der Waals surface area contributed by atoms with Gasteiger partial charge in [0, 0.05) is 12.1 Å². The average molecular weight is 258 g/mol. The first kappa shape index (κ1) is 12.4. The Kier molecular flexibility index (Phi) is 3.40. The molecule has 0 bridgehead atoms. The SMILES string of the molecule is Cc1c(Cl)[nH]c(=O)n(C2CCCN(C)C2)c1=O. The van der Waals surface area contributed by atoms with Crippen molar-refractivity contribution in [3.63, 3.8) is 0 Å². The van der Waals surface area contributed by atoms with Crippen molar-refractivity contribution in [1.29, 1.82) is 0 Å². The van der Waals surface area contributed by atoms with Crippen molar-refractivity contribution in [3.05, 3.63) is 31.6 Å². The summed E-state index contributed by atoms with van der Waals surface area (Å²) in [7, 11) is 1.99. The van der Waals surface area contributed by atoms with Gasteiger partial charge >= 0.3 is 5.69 Å². The van der Waals surface area contributed by atoms with Crippen LogP contribution >= 0.6 is 11.6 Å². The topological polar surface area (TPSA) is 58.1 Å². The van der Waals surface area contributed by atoms with Crippen molar-refractivity contribution in [2.45, 2.75) is 25.8 Å². The van der Waals surface area contributed by atoms with Crippen LogP contribution in [-0.4, -0.2) is 34.6 Å². The summed E-state index contributed by atoms with van der Waals surface area (Å²) in [5.74, 6) is 0. The maximum atomic E-state index is 12.1. The maximum Gasteiger partial charge on any atom is 0.329 e. The highest BCUT2D eigenvalue weighted by molar-refractivity contribution is 6.30. The second kappa shape index (κ2) is 4.66. The van der Waals surface area contributed by atoms with Gasteiger partial charge in [0.15, 0.2) is 0 Å². The van der Waals surface area contributed by atoms with Crippen LogP contribution in [0.25, 0.3) is 0 Å². The number of piperidine rings is 1. The third kappa shape index (κ3) is 2.30. The van der Waals surface area contributed by atoms with Gasteiger partial charge in [0.2, 0.25) is 0 Å². The van der Waals surface area contributed by atoms with Crippen LogP contribution in [0.5, 0.6) is 0 Å². The molecule has 1 fully saturated rings. The van der Waals surface area contributed by atoms with Gasteiger partial charge in [-0.05, 0) is 33.4 Å². The standard InChI is InChI=1S/C11H16ClN3O2/c1-7-9(12)13-11(17)15(10(7)16)8-4-3-5-14(2)6-8/h8H,3-6H2,1-2H3,(H,13,17). The molecule has 0 saturated carbocycles. The van der Waals surface area contributed by atoms with Crippen molar-refractivity contribution in [2.75, 3.05) is 20.1 Å². The number of halogens is 1. The Morgan fingerprint density at radius 3 is 2.76 bits per heavy atom. The predicted molar refractivity (Wildman–Crippen MR) is 66.8 cm³/mol. The summed E-state index contributed by atoms with van der Waals surface area (Å²) in [5, 5.41) is 0.139. The number of hydrogen-bond donors (Lipinski definition) is 1. The molecule has 1 aliphatic heterocycles. The summed E-state index contributed by atoms with van der Waals surface area (Å²) in [4.78, 5) is 28.5. The van der Waals surface area contributed by atoms with E-state index in [1.807, 2.05) is 7.05 Å². The molecule has 1 aromatic heterocycles. The zero-order chi connectivity index (χ0) is 12.6. The second-order valence-corrected chi connectivity index (χ2v) is 4.98. The van der Waals surface area contributed by atoms with Crippen molar-refractivity contribution < 1.29 is 0 Å². The molecule has 1 aliphatic rings. The third-order valence-corrected chi connectivity index (χ3v) is 3.65. The molecule has 0 amide bonds. The van der Waals surface area contributed by atoms with Crippen LogP contribution in [0.1, 0.15) is 24.4 Å². The van der Waals surface area contributed by atoms with Gasteiger partial charge in [0.25, 0.3) is 5.56 Å². The van der Waals surface area contributed by atoms with E-state index in [0.717, 1.165) is 25.9 Å². The number of aromatic nitrogens is 2. The molecule has 1 saturated heterocycles. The summed E-state index contributed by atoms with van der Waals surface area (Å²) in [5.41, 5.74) is -0.288. The van der Waals surface area contributed by atoms with E-state index in [9.17, 15) is 9.59 Å². The van der Waals surface area contributed by atoms with Crippen LogP contribution in [0.4, 0.5) is 0 Å². The lowest BCUT2D eigenvalue weighted by Gasteiger charge is -2.30. The number of rotatable bonds is 1. The number of nitrogens with zero attached hydrogens (tertiary/aromatic N) is 2. The Morgan fingerprint density at radius 1 is 1.41 bits per heavy atom. The lowest BCUT2D eigenvalue weighted by molar-refractivity contribution is 0.205. The van der Waals surface area contributed by atoms with Gasteiger partial charge in [-0.25, -0.2) is 4.79 Å². The number of nitrogens with one attached hydrogen (secondary N) is 1. The molecule has 0 aliphatic carbocycles. The fourth-order valence-corrected chi connectivity index (χ4v) is 2.46. The molecule has 94 valence electrons. The molecular formula is C11H16ClN3O2. The molecule has 2 heterocycles. The van der Waals surface area contributed by atoms with E-state index in [1.165, 1.54) is 4.57 Å². The van der Waals surface area contributed by atoms with Crippen LogP contribution in [-0.2, 0) is 0 Å². The van der Waals surface area contributed by atoms with Crippen LogP contribution in [0.15, 0.2) is 9.59 Å². The molecule has 1 aromatic rings. The quantitative estimate of drug-likeness (QED) is 0.756. The van der Waals surface area contributed by atoms with Crippen molar-refractivity contribution in [3.8, 4) is 0 Å². The van der Waals surface area contributed by atoms with Crippen molar-refractivity contribution >= 4 is 11.6 Å². The van der Waals surface area contributed by atoms with Gasteiger partial charge in [0.05, 0.1) is 6.04 Å². The lowest BCUT2D eigenvalue weighted by Crippen LogP contribution is -2.45. The van der Waals surface area contributed by atoms with Crippen molar-refractivity contribution in [1.82, 2.24) is 14.5 Å². The molecule has 1 N–H and O–H groups in total. The predicted octanol–water partition coefficient (Wildman–Crippen LogP) is 0.765. The molecule has 0 aromatic carbocycles. The van der Waals surface area contributed by atoms with Gasteiger partial charge in [-0.1, -0.05) is 11.6 Å². The zero-order valence-corrected chi connectivity index (χ0v) is 10.8. The fraction of sp³-hybridized carbons (Fsp3) is 0.636. The van der Waals surface area contributed by atoms with Crippen molar-refractivity contribution in [2.24, 2.45) is 0 Å². The van der Waals surface area contributed by atoms with Gasteiger partial charge < -0.3 is 4.90 Å². The van der Waals surface area contributed by atoms with Gasteiger partial charge in [-0.2, -0.15) is 0 Å². The number of likely N-dealkylation sites (N-methyl/N-ethyl adjacent to an activating group) is 1. The Hall–Kier alpha value is -1.07. The van der Waals surface area contributed by atoms with Crippen LogP contribution in [0.2, 0.25) is 5.15 Å². The fourth-order valence-electron chi connectivity index (χ4n) is 2.30. The normalized spacial score (nSPS) is 21.7. The summed E-state index contributed by atoms with van der Waals surface area (Å²) >= 11 is 5.78. The van der Waals surface area contributed by atoms with E-state index in [4.69, 9.17) is 11.6 Å². The first-order chi connectivity index (χ1) is 8.00. The summed E-state index contributed by atoms with van der Waals surface area (Å²) in [6, 6.07) is -0.0547. The monoisotopic (exact) mass is 257 g/mol. The van der Waals surface area contributed by atoms with Crippen LogP contribution in [0, 0.1) is 6.92 Å². The molecule has 6 heteroatoms. The summed E-state index contributed by atoms with van der Waals surface area (Å²) < 4.78 is 1.30. The molecule has 17 heavy (non-hydrogen) atoms. The Labute approximate surface area is 104 Å². The van der Waals surface area contributed by atoms with E-state index in [-0.39, 0.29) is 16.8 Å². The highest BCUT2D eigenvalue weighted by atomic mass is 35.5. The average Bonchev–Trinajstić information content (AvgIpc) is 2.26. The van der Waals surface area contributed by atoms with Crippen LogP contribution < -0.4 is 11.2 Å². The molecule has 0 radical (unpaired) electrons. The number of hydrogen-bond acceptors (Lipinski definition) is 3. The van der Waals surface area contributed by atoms with E-state index in [0.29, 0.717) is 5.56 Å². The second-order valence-electron chi connectivity index (χ2n) is 4.60. The molecule has 0 spiro atoms. The lowest BCUT2D eigenvalue weighted by atomic mass is 10.1. The highest BCUT2D eigenvalue weighted by Gasteiger charge is 2.22. The number of aromatic amines is 1. The smallest absolute Gasteiger partial charge is 0.304 e. The highest BCUT2D eigenvalue weighted by Crippen LogP contribution is 2.17. The molecule has 5 nitrogen and oxygen atoms in total. The Morgan fingerprint density at radius 2 is 2.12 bits per heavy atom. The Balaban J connectivity index is 2.49. The maximum absolute atomic E-state index is 12.1. The Bertz CT molecular complexity index is 534. The molecule has 2 rings (SSSR count). The molecule has 1 atom stereocenters. The van der Waals surface area contributed by atoms with Gasteiger partial charge in [-0.15, -0.1) is 0 Å². The first-order valence-electron chi connectivity index (χ1n) is 5.70. The van der Waals surface area contributed by atoms with Gasteiger partial charge in [0.1, 0.15) is 5.15 Å². The number of H-pyrrole nitrogens is 1. The van der Waals surface area contributed by atoms with E-state index in [1.54, 1.807) is 6.92 Å². The summed E-state index contributed by atoms with van der Waals surface area (Å²) in [6.45, 7) is 3.36. The third-order valence-electron chi connectivity index (χ3n) is 3.27. The van der Waals surface area contributed by atoms with E-state index in [2.05, 4.69) is 9.88 Å². The van der Waals surface area contributed by atoms with Gasteiger partial charge in [-0.3, -0.25) is 14.3 Å². The molecule has 1 unspecified atom stereocenters. The number of likely N-dealkylation sites (tertiary alicyclic amines) is 1. The van der Waals surface area contributed by atoms with E-state index < -0.39 is 5.69 Å². The largest absolute Gasteiger partial charge is 0.329 e. The minimum Gasteiger partial charge on any atom is -0.304 e. The zero-order valence-electron chi connectivity index (χ0n) is 9.99. The molecular weight excluding hydrogens is 242 g/mol. The minimum atomic E-state index is -0.411. The van der Waals surface area contributed by atoms with Crippen LogP contribution in [0.3, 0.4) is 0 Å².